The van der Waals surface area contributed by atoms with Gasteiger partial charge in [0, 0.05) is 24.0 Å². The van der Waals surface area contributed by atoms with Crippen LogP contribution < -0.4 is 10.1 Å². The average Bonchev–Trinajstić information content (AvgIpc) is 3.12. The molecule has 0 saturated heterocycles. The summed E-state index contributed by atoms with van der Waals surface area (Å²) in [5.74, 6) is 0.856. The molecule has 1 saturated carbocycles. The van der Waals surface area contributed by atoms with Crippen molar-refractivity contribution >= 4 is 12.0 Å². The number of aliphatic hydroxyl groups excluding tert-OH is 1. The van der Waals surface area contributed by atoms with Gasteiger partial charge in [-0.15, -0.1) is 0 Å². The second kappa shape index (κ2) is 6.13. The van der Waals surface area contributed by atoms with Crippen LogP contribution in [0.1, 0.15) is 37.3 Å². The van der Waals surface area contributed by atoms with Crippen molar-refractivity contribution in [2.45, 2.75) is 38.6 Å². The summed E-state index contributed by atoms with van der Waals surface area (Å²) in [6, 6.07) is 6.05. The van der Waals surface area contributed by atoms with Gasteiger partial charge in [-0.3, -0.25) is 4.79 Å². The number of hydrogen-bond acceptors (Lipinski definition) is 3. The van der Waals surface area contributed by atoms with Crippen LogP contribution in [0.3, 0.4) is 0 Å². The summed E-state index contributed by atoms with van der Waals surface area (Å²) in [6.07, 6.45) is 7.29. The molecular weight excluding hydrogens is 278 g/mol. The van der Waals surface area contributed by atoms with E-state index in [9.17, 15) is 9.90 Å². The number of carbonyl (C=O) groups is 1. The monoisotopic (exact) mass is 301 g/mol. The molecule has 0 radical (unpaired) electrons. The Morgan fingerprint density at radius 1 is 1.55 bits per heavy atom. The number of hydrogen-bond donors (Lipinski definition) is 2. The Morgan fingerprint density at radius 3 is 3.23 bits per heavy atom. The molecule has 2 N–H and O–H groups in total. The molecule has 4 nitrogen and oxygen atoms in total. The summed E-state index contributed by atoms with van der Waals surface area (Å²) >= 11 is 0. The Balaban J connectivity index is 1.62. The van der Waals surface area contributed by atoms with Crippen LogP contribution in [0.4, 0.5) is 0 Å². The number of fused-ring (bicyclic) bond motifs is 1. The van der Waals surface area contributed by atoms with E-state index in [2.05, 4.69) is 11.4 Å². The highest BCUT2D eigenvalue weighted by atomic mass is 16.5. The number of rotatable bonds is 4. The molecule has 2 unspecified atom stereocenters. The van der Waals surface area contributed by atoms with E-state index in [4.69, 9.17) is 4.74 Å². The van der Waals surface area contributed by atoms with Gasteiger partial charge < -0.3 is 15.2 Å². The van der Waals surface area contributed by atoms with Crippen molar-refractivity contribution in [2.24, 2.45) is 5.41 Å². The predicted octanol–water partition coefficient (Wildman–Crippen LogP) is 2.30. The van der Waals surface area contributed by atoms with Crippen LogP contribution in [-0.2, 0) is 11.2 Å². The van der Waals surface area contributed by atoms with Crippen molar-refractivity contribution in [1.82, 2.24) is 5.32 Å². The highest BCUT2D eigenvalue weighted by molar-refractivity contribution is 5.92. The first-order chi connectivity index (χ1) is 10.6. The molecule has 0 aromatic heterocycles. The molecule has 1 aliphatic carbocycles. The van der Waals surface area contributed by atoms with Crippen molar-refractivity contribution in [1.29, 1.82) is 0 Å². The van der Waals surface area contributed by atoms with Crippen molar-refractivity contribution in [2.75, 3.05) is 13.2 Å². The normalized spacial score (nSPS) is 26.9. The topological polar surface area (TPSA) is 58.6 Å². The standard InChI is InChI=1S/C18H23NO3/c1-18(12-20)9-2-3-16(18)19-17(21)7-5-13-4-6-15-14(11-13)8-10-22-15/h4-7,11,16,20H,2-3,8-10,12H2,1H3,(H,19,21)/b7-5+. The number of carbonyl (C=O) groups excluding carboxylic acids is 1. The predicted molar refractivity (Wildman–Crippen MR) is 85.6 cm³/mol. The van der Waals surface area contributed by atoms with Gasteiger partial charge in [-0.25, -0.2) is 0 Å². The number of aliphatic hydroxyl groups is 1. The van der Waals surface area contributed by atoms with Gasteiger partial charge >= 0.3 is 0 Å². The van der Waals surface area contributed by atoms with Crippen molar-refractivity contribution in [3.05, 3.63) is 35.4 Å². The number of nitrogens with one attached hydrogen (secondary N) is 1. The summed E-state index contributed by atoms with van der Waals surface area (Å²) < 4.78 is 5.48. The van der Waals surface area contributed by atoms with Gasteiger partial charge in [0.05, 0.1) is 13.2 Å². The van der Waals surface area contributed by atoms with Crippen LogP contribution in [0, 0.1) is 5.41 Å². The Hall–Kier alpha value is -1.81. The minimum atomic E-state index is -0.186. The van der Waals surface area contributed by atoms with Gasteiger partial charge in [0.2, 0.25) is 5.91 Å². The van der Waals surface area contributed by atoms with Crippen LogP contribution in [0.2, 0.25) is 0 Å². The zero-order chi connectivity index (χ0) is 15.6. The van der Waals surface area contributed by atoms with Gasteiger partial charge in [-0.05, 0) is 42.2 Å². The maximum atomic E-state index is 12.1. The lowest BCUT2D eigenvalue weighted by Crippen LogP contribution is -2.44. The molecule has 4 heteroatoms. The molecule has 0 bridgehead atoms. The molecule has 2 atom stereocenters. The van der Waals surface area contributed by atoms with Gasteiger partial charge in [0.25, 0.3) is 0 Å². The first kappa shape index (κ1) is 15.1. The van der Waals surface area contributed by atoms with E-state index in [-0.39, 0.29) is 24.0 Å². The van der Waals surface area contributed by atoms with Gasteiger partial charge in [-0.2, -0.15) is 0 Å². The second-order valence-corrected chi connectivity index (χ2v) is 6.56. The van der Waals surface area contributed by atoms with Crippen molar-refractivity contribution < 1.29 is 14.6 Å². The Labute approximate surface area is 131 Å². The van der Waals surface area contributed by atoms with Crippen LogP contribution >= 0.6 is 0 Å². The highest BCUT2D eigenvalue weighted by Crippen LogP contribution is 2.37. The molecule has 1 fully saturated rings. The van der Waals surface area contributed by atoms with Crippen LogP contribution in [0.25, 0.3) is 6.08 Å². The van der Waals surface area contributed by atoms with Gasteiger partial charge in [0.1, 0.15) is 5.75 Å². The molecule has 0 spiro atoms. The Morgan fingerprint density at radius 2 is 2.41 bits per heavy atom. The van der Waals surface area contributed by atoms with Crippen LogP contribution in [-0.4, -0.2) is 30.3 Å². The molecule has 22 heavy (non-hydrogen) atoms. The first-order valence-electron chi connectivity index (χ1n) is 7.96. The fourth-order valence-corrected chi connectivity index (χ4v) is 3.37. The van der Waals surface area contributed by atoms with E-state index in [1.54, 1.807) is 6.08 Å². The van der Waals surface area contributed by atoms with E-state index in [1.807, 2.05) is 25.1 Å². The summed E-state index contributed by atoms with van der Waals surface area (Å²) in [4.78, 5) is 12.1. The third kappa shape index (κ3) is 3.02. The number of benzene rings is 1. The second-order valence-electron chi connectivity index (χ2n) is 6.56. The van der Waals surface area contributed by atoms with Crippen LogP contribution in [0.15, 0.2) is 24.3 Å². The smallest absolute Gasteiger partial charge is 0.244 e. The maximum absolute atomic E-state index is 12.1. The van der Waals surface area contributed by atoms with Crippen molar-refractivity contribution in [3.63, 3.8) is 0 Å². The molecule has 1 heterocycles. The SMILES string of the molecule is CC1(CO)CCCC1NC(=O)/C=C/c1ccc2c(c1)CCO2. The van der Waals surface area contributed by atoms with Gasteiger partial charge in [0.15, 0.2) is 0 Å². The van der Waals surface area contributed by atoms with E-state index in [1.165, 1.54) is 5.56 Å². The summed E-state index contributed by atoms with van der Waals surface area (Å²) in [6.45, 7) is 2.89. The third-order valence-corrected chi connectivity index (χ3v) is 4.90. The van der Waals surface area contributed by atoms with E-state index < -0.39 is 0 Å². The fraction of sp³-hybridized carbons (Fsp3) is 0.500. The minimum Gasteiger partial charge on any atom is -0.493 e. The summed E-state index contributed by atoms with van der Waals surface area (Å²) in [5, 5.41) is 12.6. The van der Waals surface area contributed by atoms with Crippen molar-refractivity contribution in [3.8, 4) is 5.75 Å². The average molecular weight is 301 g/mol. The molecule has 1 amide bonds. The first-order valence-corrected chi connectivity index (χ1v) is 7.96. The maximum Gasteiger partial charge on any atom is 0.244 e. The largest absolute Gasteiger partial charge is 0.493 e. The summed E-state index contributed by atoms with van der Waals surface area (Å²) in [7, 11) is 0. The van der Waals surface area contributed by atoms with Gasteiger partial charge in [-0.1, -0.05) is 19.4 Å². The zero-order valence-electron chi connectivity index (χ0n) is 13.0. The van der Waals surface area contributed by atoms with E-state index in [0.29, 0.717) is 0 Å². The molecule has 3 rings (SSSR count). The minimum absolute atomic E-state index is 0.0584. The molecule has 1 aliphatic heterocycles. The lowest BCUT2D eigenvalue weighted by atomic mass is 9.86. The summed E-state index contributed by atoms with van der Waals surface area (Å²) in [5.41, 5.74) is 2.02. The quantitative estimate of drug-likeness (QED) is 0.839. The third-order valence-electron chi connectivity index (χ3n) is 4.90. The Bertz CT molecular complexity index is 596. The molecular formula is C18H23NO3. The number of ether oxygens (including phenoxy) is 1. The Kier molecular flexibility index (Phi) is 4.21. The fourth-order valence-electron chi connectivity index (χ4n) is 3.37. The van der Waals surface area contributed by atoms with E-state index in [0.717, 1.165) is 43.6 Å². The lowest BCUT2D eigenvalue weighted by Gasteiger charge is -2.29. The molecule has 2 aliphatic rings. The van der Waals surface area contributed by atoms with E-state index >= 15 is 0 Å². The number of amides is 1. The molecule has 118 valence electrons. The zero-order valence-corrected chi connectivity index (χ0v) is 13.0. The molecule has 1 aromatic rings. The lowest BCUT2D eigenvalue weighted by molar-refractivity contribution is -0.117. The molecule has 1 aromatic carbocycles. The van der Waals surface area contributed by atoms with Crippen LogP contribution in [0.5, 0.6) is 5.75 Å². The highest BCUT2D eigenvalue weighted by Gasteiger charge is 2.38.